The van der Waals surface area contributed by atoms with Crippen molar-refractivity contribution in [2.75, 3.05) is 0 Å². The van der Waals surface area contributed by atoms with Gasteiger partial charge in [0.25, 0.3) is 0 Å². The number of halogens is 2. The maximum Gasteiger partial charge on any atom is 0.242 e. The van der Waals surface area contributed by atoms with Gasteiger partial charge in [-0.15, -0.1) is 0 Å². The van der Waals surface area contributed by atoms with Gasteiger partial charge in [-0.2, -0.15) is 4.39 Å². The third-order valence-corrected chi connectivity index (χ3v) is 2.01. The van der Waals surface area contributed by atoms with Gasteiger partial charge in [0.1, 0.15) is 10.7 Å². The van der Waals surface area contributed by atoms with E-state index in [1.807, 2.05) is 0 Å². The largest absolute Gasteiger partial charge is 0.242 e. The van der Waals surface area contributed by atoms with Crippen LogP contribution in [0, 0.1) is 11.8 Å². The monoisotopic (exact) mass is 194 g/mol. The molecule has 12 heavy (non-hydrogen) atoms. The highest BCUT2D eigenvalue weighted by atomic mass is 32.2. The molecule has 0 radical (unpaired) electrons. The lowest BCUT2D eigenvalue weighted by atomic mass is 10.5. The van der Waals surface area contributed by atoms with Crippen molar-refractivity contribution in [3.8, 4) is 0 Å². The summed E-state index contributed by atoms with van der Waals surface area (Å²) in [7, 11) is -4.15. The highest BCUT2D eigenvalue weighted by Gasteiger charge is 2.15. The average Bonchev–Trinajstić information content (AvgIpc) is 1.83. The van der Waals surface area contributed by atoms with Gasteiger partial charge in [0.05, 0.1) is 6.20 Å². The molecule has 1 aromatic heterocycles. The Bertz CT molecular complexity index is 404. The lowest BCUT2D eigenvalue weighted by Gasteiger charge is -1.97. The Morgan fingerprint density at radius 2 is 2.00 bits per heavy atom. The number of hydrogen-bond acceptors (Lipinski definition) is 3. The minimum atomic E-state index is -4.15. The molecule has 0 saturated carbocycles. The number of pyridine rings is 1. The van der Waals surface area contributed by atoms with Gasteiger partial charge in [-0.05, 0) is 0 Å². The van der Waals surface area contributed by atoms with E-state index in [-0.39, 0.29) is 0 Å². The van der Waals surface area contributed by atoms with E-state index < -0.39 is 26.7 Å². The zero-order valence-corrected chi connectivity index (χ0v) is 6.48. The Balaban J connectivity index is 3.39. The second-order valence-electron chi connectivity index (χ2n) is 1.98. The smallest absolute Gasteiger partial charge is 0.227 e. The molecule has 0 atom stereocenters. The van der Waals surface area contributed by atoms with Crippen molar-refractivity contribution in [2.24, 2.45) is 5.14 Å². The number of sulfonamides is 1. The summed E-state index contributed by atoms with van der Waals surface area (Å²) in [6, 6.07) is 0.347. The van der Waals surface area contributed by atoms with Gasteiger partial charge in [-0.1, -0.05) is 0 Å². The van der Waals surface area contributed by atoms with Gasteiger partial charge in [-0.25, -0.2) is 22.9 Å². The first-order valence-corrected chi connectivity index (χ1v) is 4.30. The molecule has 0 aliphatic rings. The van der Waals surface area contributed by atoms with Crippen molar-refractivity contribution in [3.05, 3.63) is 24.0 Å². The Labute approximate surface area is 67.1 Å². The van der Waals surface area contributed by atoms with E-state index >= 15 is 0 Å². The Hall–Kier alpha value is -1.08. The first-order valence-electron chi connectivity index (χ1n) is 2.75. The number of rotatable bonds is 1. The van der Waals surface area contributed by atoms with E-state index in [1.54, 1.807) is 0 Å². The van der Waals surface area contributed by atoms with Crippen LogP contribution in [0.25, 0.3) is 0 Å². The predicted octanol–water partition coefficient (Wildman–Crippen LogP) is 0.00720. The van der Waals surface area contributed by atoms with E-state index in [0.29, 0.717) is 12.3 Å². The third kappa shape index (κ3) is 1.74. The van der Waals surface area contributed by atoms with E-state index in [9.17, 15) is 17.2 Å². The molecule has 0 bridgehead atoms. The average molecular weight is 194 g/mol. The zero-order valence-electron chi connectivity index (χ0n) is 5.66. The first-order chi connectivity index (χ1) is 5.41. The molecule has 0 aliphatic carbocycles. The normalized spacial score (nSPS) is 11.6. The lowest BCUT2D eigenvalue weighted by molar-refractivity contribution is 0.527. The van der Waals surface area contributed by atoms with Crippen molar-refractivity contribution >= 4 is 10.0 Å². The standard InChI is InChI=1S/C5H4F2N2O2S/c6-3-1-5(7)9-2-4(3)12(8,10)11/h1-2H,(H2,8,10,11). The summed E-state index contributed by atoms with van der Waals surface area (Å²) < 4.78 is 45.8. The van der Waals surface area contributed by atoms with Crippen molar-refractivity contribution in [3.63, 3.8) is 0 Å². The van der Waals surface area contributed by atoms with Crippen LogP contribution in [-0.4, -0.2) is 13.4 Å². The predicted molar refractivity (Wildman–Crippen MR) is 35.5 cm³/mol. The number of nitrogens with zero attached hydrogens (tertiary/aromatic N) is 1. The molecule has 0 aromatic carbocycles. The molecule has 66 valence electrons. The molecule has 0 unspecified atom stereocenters. The van der Waals surface area contributed by atoms with Crippen LogP contribution in [0.2, 0.25) is 0 Å². The van der Waals surface area contributed by atoms with Crippen LogP contribution >= 0.6 is 0 Å². The minimum Gasteiger partial charge on any atom is -0.227 e. The fourth-order valence-corrected chi connectivity index (χ4v) is 1.13. The maximum atomic E-state index is 12.6. The van der Waals surface area contributed by atoms with Crippen LogP contribution in [0.4, 0.5) is 8.78 Å². The molecule has 1 rings (SSSR count). The Morgan fingerprint density at radius 1 is 1.42 bits per heavy atom. The first kappa shape index (κ1) is 9.01. The summed E-state index contributed by atoms with van der Waals surface area (Å²) in [5, 5.41) is 4.58. The van der Waals surface area contributed by atoms with Gasteiger partial charge in [-0.3, -0.25) is 0 Å². The molecular weight excluding hydrogens is 190 g/mol. The summed E-state index contributed by atoms with van der Waals surface area (Å²) in [6.45, 7) is 0. The summed E-state index contributed by atoms with van der Waals surface area (Å²) in [4.78, 5) is 2.12. The van der Waals surface area contributed by atoms with Gasteiger partial charge in [0.15, 0.2) is 0 Å². The van der Waals surface area contributed by atoms with Crippen LogP contribution in [0.5, 0.6) is 0 Å². The molecule has 0 aliphatic heterocycles. The molecule has 0 fully saturated rings. The van der Waals surface area contributed by atoms with E-state index in [0.717, 1.165) is 0 Å². The van der Waals surface area contributed by atoms with E-state index in [1.165, 1.54) is 0 Å². The summed E-state index contributed by atoms with van der Waals surface area (Å²) in [5.41, 5.74) is 0. The molecule has 0 spiro atoms. The minimum absolute atomic E-state index is 0.347. The zero-order chi connectivity index (χ0) is 9.35. The van der Waals surface area contributed by atoms with Gasteiger partial charge in [0.2, 0.25) is 16.0 Å². The van der Waals surface area contributed by atoms with Crippen molar-refractivity contribution in [1.82, 2.24) is 4.98 Å². The van der Waals surface area contributed by atoms with Crippen molar-refractivity contribution in [1.29, 1.82) is 0 Å². The van der Waals surface area contributed by atoms with Crippen LogP contribution in [-0.2, 0) is 10.0 Å². The van der Waals surface area contributed by atoms with E-state index in [2.05, 4.69) is 10.1 Å². The van der Waals surface area contributed by atoms with Crippen LogP contribution in [0.3, 0.4) is 0 Å². The third-order valence-electron chi connectivity index (χ3n) is 1.09. The highest BCUT2D eigenvalue weighted by Crippen LogP contribution is 2.10. The molecular formula is C5H4F2N2O2S. The molecule has 0 saturated heterocycles. The van der Waals surface area contributed by atoms with Crippen LogP contribution < -0.4 is 5.14 Å². The Kier molecular flexibility index (Phi) is 2.07. The fourth-order valence-electron chi connectivity index (χ4n) is 0.604. The molecule has 7 heteroatoms. The van der Waals surface area contributed by atoms with Gasteiger partial charge in [0, 0.05) is 6.07 Å². The summed E-state index contributed by atoms with van der Waals surface area (Å²) in [6.07, 6.45) is 0.528. The highest BCUT2D eigenvalue weighted by molar-refractivity contribution is 7.89. The number of hydrogen-bond donors (Lipinski definition) is 1. The SMILES string of the molecule is NS(=O)(=O)c1cnc(F)cc1F. The quantitative estimate of drug-likeness (QED) is 0.640. The number of aromatic nitrogens is 1. The van der Waals surface area contributed by atoms with E-state index in [4.69, 9.17) is 0 Å². The summed E-state index contributed by atoms with van der Waals surface area (Å²) in [5.74, 6) is -2.34. The topological polar surface area (TPSA) is 73.1 Å². The fraction of sp³-hybridized carbons (Fsp3) is 0. The number of nitrogens with two attached hydrogens (primary N) is 1. The molecule has 2 N–H and O–H groups in total. The molecule has 4 nitrogen and oxygen atoms in total. The van der Waals surface area contributed by atoms with Gasteiger partial charge >= 0.3 is 0 Å². The molecule has 1 aromatic rings. The number of primary sulfonamides is 1. The lowest BCUT2D eigenvalue weighted by Crippen LogP contribution is -2.14. The van der Waals surface area contributed by atoms with Gasteiger partial charge < -0.3 is 0 Å². The van der Waals surface area contributed by atoms with Crippen LogP contribution in [0.1, 0.15) is 0 Å². The molecule has 1 heterocycles. The van der Waals surface area contributed by atoms with Crippen LogP contribution in [0.15, 0.2) is 17.2 Å². The Morgan fingerprint density at radius 3 is 2.42 bits per heavy atom. The summed E-state index contributed by atoms with van der Waals surface area (Å²) >= 11 is 0. The molecule has 0 amide bonds. The van der Waals surface area contributed by atoms with Crippen molar-refractivity contribution < 1.29 is 17.2 Å². The second kappa shape index (κ2) is 2.76. The second-order valence-corrected chi connectivity index (χ2v) is 3.51. The maximum absolute atomic E-state index is 12.6. The van der Waals surface area contributed by atoms with Crippen molar-refractivity contribution in [2.45, 2.75) is 4.90 Å².